The van der Waals surface area contributed by atoms with Crippen molar-refractivity contribution in [3.8, 4) is 0 Å². The lowest BCUT2D eigenvalue weighted by Crippen LogP contribution is -2.47. The van der Waals surface area contributed by atoms with Crippen LogP contribution in [0.2, 0.25) is 0 Å². The minimum absolute atomic E-state index is 0.433. The molecule has 2 saturated carbocycles. The Morgan fingerprint density at radius 3 is 2.76 bits per heavy atom. The largest absolute Gasteiger partial charge is 0.367 e. The number of hydrogen-bond acceptors (Lipinski definition) is 2. The van der Waals surface area contributed by atoms with Crippen LogP contribution in [0.25, 0.3) is 11.2 Å². The van der Waals surface area contributed by atoms with E-state index in [-0.39, 0.29) is 0 Å². The van der Waals surface area contributed by atoms with E-state index in [1.165, 1.54) is 62.0 Å². The Bertz CT molecular complexity index is 823. The first-order valence-corrected chi connectivity index (χ1v) is 10.1. The molecule has 0 amide bonds. The number of nitrogens with one attached hydrogen (secondary N) is 1. The molecule has 2 aromatic heterocycles. The third-order valence-electron chi connectivity index (χ3n) is 7.22. The second-order valence-electron chi connectivity index (χ2n) is 8.92. The lowest BCUT2D eigenvalue weighted by molar-refractivity contribution is 0.0111. The summed E-state index contributed by atoms with van der Waals surface area (Å²) in [6.45, 7) is 4.89. The van der Waals surface area contributed by atoms with Crippen LogP contribution in [-0.4, -0.2) is 15.4 Å². The Morgan fingerprint density at radius 2 is 2.00 bits per heavy atom. The van der Waals surface area contributed by atoms with E-state index in [0.717, 1.165) is 11.6 Å². The highest BCUT2D eigenvalue weighted by Crippen LogP contribution is 2.61. The zero-order valence-corrected chi connectivity index (χ0v) is 15.5. The molecule has 4 aliphatic rings. The molecule has 2 fully saturated rings. The first kappa shape index (κ1) is 15.5. The molecule has 0 radical (unpaired) electrons. The number of allylic oxidation sites excluding steroid dienone is 2. The number of aromatic nitrogens is 2. The van der Waals surface area contributed by atoms with Crippen LogP contribution in [0.5, 0.6) is 0 Å². The summed E-state index contributed by atoms with van der Waals surface area (Å²) in [5.74, 6) is 2.77. The van der Waals surface area contributed by atoms with Crippen molar-refractivity contribution in [3.05, 3.63) is 36.2 Å². The summed E-state index contributed by atoms with van der Waals surface area (Å²) in [6.07, 6.45) is 13.9. The normalized spacial score (nSPS) is 28.5. The van der Waals surface area contributed by atoms with Gasteiger partial charge in [-0.25, -0.2) is 4.98 Å². The second-order valence-corrected chi connectivity index (χ2v) is 8.92. The van der Waals surface area contributed by atoms with Gasteiger partial charge in [-0.1, -0.05) is 45.3 Å². The fourth-order valence-corrected chi connectivity index (χ4v) is 5.39. The highest BCUT2D eigenvalue weighted by atomic mass is 15.1. The molecular formula is C22H29N3. The molecule has 0 aromatic carbocycles. The molecule has 3 nitrogen and oxygen atoms in total. The summed E-state index contributed by atoms with van der Waals surface area (Å²) in [4.78, 5) is 5.07. The number of imidazole rings is 1. The Labute approximate surface area is 150 Å². The lowest BCUT2D eigenvalue weighted by Gasteiger charge is -2.56. The monoisotopic (exact) mass is 335 g/mol. The van der Waals surface area contributed by atoms with Gasteiger partial charge in [-0.2, -0.15) is 0 Å². The Balaban J connectivity index is 1.58. The van der Waals surface area contributed by atoms with Crippen molar-refractivity contribution < 1.29 is 0 Å². The second kappa shape index (κ2) is 5.62. The third-order valence-corrected chi connectivity index (χ3v) is 7.22. The molecule has 132 valence electrons. The van der Waals surface area contributed by atoms with Gasteiger partial charge in [0.2, 0.25) is 0 Å². The Hall–Kier alpha value is -1.77. The molecule has 2 heterocycles. The molecule has 0 aliphatic heterocycles. The molecule has 0 saturated heterocycles. The van der Waals surface area contributed by atoms with Gasteiger partial charge in [-0.3, -0.25) is 4.40 Å². The van der Waals surface area contributed by atoms with Crippen molar-refractivity contribution in [3.63, 3.8) is 0 Å². The van der Waals surface area contributed by atoms with E-state index in [2.05, 4.69) is 54.0 Å². The van der Waals surface area contributed by atoms with E-state index in [0.29, 0.717) is 17.4 Å². The minimum atomic E-state index is 0.433. The van der Waals surface area contributed by atoms with Crippen molar-refractivity contribution in [2.45, 2.75) is 64.8 Å². The predicted molar refractivity (Wildman–Crippen MR) is 104 cm³/mol. The molecule has 1 N–H and O–H groups in total. The number of hydrogen-bond donors (Lipinski definition) is 1. The quantitative estimate of drug-likeness (QED) is 0.799. The van der Waals surface area contributed by atoms with E-state index >= 15 is 0 Å². The summed E-state index contributed by atoms with van der Waals surface area (Å²) in [7, 11) is 0. The van der Waals surface area contributed by atoms with Gasteiger partial charge in [0, 0.05) is 12.2 Å². The van der Waals surface area contributed by atoms with Gasteiger partial charge in [0.05, 0.1) is 0 Å². The first-order valence-electron chi connectivity index (χ1n) is 10.1. The molecule has 2 bridgehead atoms. The Kier molecular flexibility index (Phi) is 3.48. The average molecular weight is 335 g/mol. The number of fused-ring (bicyclic) bond motifs is 2. The number of pyridine rings is 1. The topological polar surface area (TPSA) is 29.3 Å². The van der Waals surface area contributed by atoms with Crippen LogP contribution in [-0.2, 0) is 0 Å². The van der Waals surface area contributed by atoms with E-state index in [1.54, 1.807) is 0 Å². The van der Waals surface area contributed by atoms with E-state index in [9.17, 15) is 0 Å². The van der Waals surface area contributed by atoms with Crippen LogP contribution < -0.4 is 5.32 Å². The van der Waals surface area contributed by atoms with E-state index in [4.69, 9.17) is 4.98 Å². The van der Waals surface area contributed by atoms with Crippen LogP contribution in [0, 0.1) is 17.3 Å². The Morgan fingerprint density at radius 1 is 1.16 bits per heavy atom. The summed E-state index contributed by atoms with van der Waals surface area (Å²) in [5.41, 5.74) is 4.21. The smallest absolute Gasteiger partial charge is 0.139 e. The van der Waals surface area contributed by atoms with Crippen LogP contribution in [0.3, 0.4) is 0 Å². The zero-order valence-electron chi connectivity index (χ0n) is 15.5. The summed E-state index contributed by atoms with van der Waals surface area (Å²) in [5, 5.41) is 3.89. The third kappa shape index (κ3) is 2.35. The van der Waals surface area contributed by atoms with E-state index < -0.39 is 0 Å². The number of anilines is 1. The fraction of sp³-hybridized carbons (Fsp3) is 0.591. The lowest BCUT2D eigenvalue weighted by atomic mass is 9.48. The van der Waals surface area contributed by atoms with Gasteiger partial charge in [0.1, 0.15) is 17.2 Å². The van der Waals surface area contributed by atoms with Gasteiger partial charge in [-0.15, -0.1) is 0 Å². The molecule has 1 unspecified atom stereocenters. The van der Waals surface area contributed by atoms with Gasteiger partial charge >= 0.3 is 0 Å². The molecule has 25 heavy (non-hydrogen) atoms. The van der Waals surface area contributed by atoms with Crippen LogP contribution in [0.4, 0.5) is 5.82 Å². The van der Waals surface area contributed by atoms with Gasteiger partial charge in [0.15, 0.2) is 0 Å². The first-order chi connectivity index (χ1) is 12.1. The number of nitrogens with zero attached hydrogens (tertiary/aromatic N) is 2. The van der Waals surface area contributed by atoms with Crippen molar-refractivity contribution in [1.82, 2.24) is 9.38 Å². The minimum Gasteiger partial charge on any atom is -0.367 e. The highest BCUT2D eigenvalue weighted by molar-refractivity contribution is 5.78. The molecule has 2 atom stereocenters. The van der Waals surface area contributed by atoms with Crippen LogP contribution >= 0.6 is 0 Å². The van der Waals surface area contributed by atoms with Gasteiger partial charge < -0.3 is 5.32 Å². The van der Waals surface area contributed by atoms with Crippen molar-refractivity contribution in [2.24, 2.45) is 17.3 Å². The summed E-state index contributed by atoms with van der Waals surface area (Å²) in [6, 6.07) is 6.94. The molecule has 0 spiro atoms. The number of rotatable bonds is 3. The van der Waals surface area contributed by atoms with Crippen molar-refractivity contribution >= 4 is 17.0 Å². The van der Waals surface area contributed by atoms with Crippen molar-refractivity contribution in [2.75, 3.05) is 5.32 Å². The fourth-order valence-electron chi connectivity index (χ4n) is 5.39. The maximum atomic E-state index is 5.07. The SMILES string of the molecule is CC1(C)C2CC=C(c3nc4ccccn4c3NC3CCCCC3)[C@H]1C2. The summed E-state index contributed by atoms with van der Waals surface area (Å²) < 4.78 is 2.27. The highest BCUT2D eigenvalue weighted by Gasteiger charge is 2.52. The molecule has 2 aromatic rings. The molecular weight excluding hydrogens is 306 g/mol. The van der Waals surface area contributed by atoms with Crippen LogP contribution in [0.1, 0.15) is 64.5 Å². The summed E-state index contributed by atoms with van der Waals surface area (Å²) >= 11 is 0. The van der Waals surface area contributed by atoms with Crippen LogP contribution in [0.15, 0.2) is 30.5 Å². The molecule has 4 aliphatic carbocycles. The van der Waals surface area contributed by atoms with E-state index in [1.807, 2.05) is 0 Å². The maximum Gasteiger partial charge on any atom is 0.139 e. The average Bonchev–Trinajstić information content (AvgIpc) is 3.01. The van der Waals surface area contributed by atoms with Crippen molar-refractivity contribution in [1.29, 1.82) is 0 Å². The predicted octanol–water partition coefficient (Wildman–Crippen LogP) is 5.53. The maximum absolute atomic E-state index is 5.07. The van der Waals surface area contributed by atoms with Gasteiger partial charge in [0.25, 0.3) is 0 Å². The standard InChI is InChI=1S/C22H29N3/c1-22(2)15-11-12-17(18(22)14-15)20-21(23-16-8-4-3-5-9-16)25-13-7-6-10-19(25)24-20/h6-7,10,12-13,15-16,18,23H,3-5,8-9,11,14H2,1-2H3/t15?,18-/m1/s1. The molecule has 6 rings (SSSR count). The van der Waals surface area contributed by atoms with Gasteiger partial charge in [-0.05, 0) is 60.6 Å². The zero-order chi connectivity index (χ0) is 17.0. The molecule has 3 heteroatoms.